The summed E-state index contributed by atoms with van der Waals surface area (Å²) in [6, 6.07) is 8.24. The molecule has 0 spiro atoms. The number of aromatic nitrogens is 4. The van der Waals surface area contributed by atoms with Gasteiger partial charge in [0.1, 0.15) is 0 Å². The monoisotopic (exact) mass is 444 g/mol. The van der Waals surface area contributed by atoms with E-state index in [0.29, 0.717) is 37.8 Å². The van der Waals surface area contributed by atoms with Crippen LogP contribution in [-0.2, 0) is 6.18 Å². The van der Waals surface area contributed by atoms with Crippen LogP contribution in [-0.4, -0.2) is 57.0 Å². The Balaban J connectivity index is 1.41. The molecule has 1 aliphatic rings. The molecule has 32 heavy (non-hydrogen) atoms. The Hall–Kier alpha value is -3.43. The first-order valence-electron chi connectivity index (χ1n) is 10.2. The molecule has 7 nitrogen and oxygen atoms in total. The van der Waals surface area contributed by atoms with Gasteiger partial charge in [-0.2, -0.15) is 18.3 Å². The number of halogens is 3. The van der Waals surface area contributed by atoms with Crippen molar-refractivity contribution in [3.8, 4) is 5.82 Å². The van der Waals surface area contributed by atoms with E-state index in [0.717, 1.165) is 29.1 Å². The molecular formula is C22H23F3N6O. The Kier molecular flexibility index (Phi) is 5.62. The molecule has 3 aromatic rings. The van der Waals surface area contributed by atoms with Gasteiger partial charge in [-0.25, -0.2) is 4.68 Å². The Labute approximate surface area is 183 Å². The SMILES string of the molecule is Cc1nn(-c2ccc(N3CCN(C(=O)c4cccc(C(F)(F)F)c4)CC3)nn2)c(C)c1C. The van der Waals surface area contributed by atoms with Crippen LogP contribution in [0.15, 0.2) is 36.4 Å². The first-order valence-corrected chi connectivity index (χ1v) is 10.2. The molecule has 1 aliphatic heterocycles. The number of benzene rings is 1. The number of hydrogen-bond donors (Lipinski definition) is 0. The highest BCUT2D eigenvalue weighted by Crippen LogP contribution is 2.30. The second-order valence-electron chi connectivity index (χ2n) is 7.82. The average molecular weight is 444 g/mol. The molecule has 0 N–H and O–H groups in total. The topological polar surface area (TPSA) is 67.2 Å². The number of alkyl halides is 3. The molecule has 4 rings (SSSR count). The molecule has 0 radical (unpaired) electrons. The van der Waals surface area contributed by atoms with Crippen molar-refractivity contribution in [3.63, 3.8) is 0 Å². The summed E-state index contributed by atoms with van der Waals surface area (Å²) in [5, 5.41) is 13.1. The lowest BCUT2D eigenvalue weighted by molar-refractivity contribution is -0.137. The van der Waals surface area contributed by atoms with E-state index in [2.05, 4.69) is 15.3 Å². The van der Waals surface area contributed by atoms with Gasteiger partial charge in [0.15, 0.2) is 11.6 Å². The Morgan fingerprint density at radius 1 is 0.938 bits per heavy atom. The summed E-state index contributed by atoms with van der Waals surface area (Å²) in [5.74, 6) is 0.899. The van der Waals surface area contributed by atoms with Crippen LogP contribution in [0, 0.1) is 20.8 Å². The molecule has 0 unspecified atom stereocenters. The van der Waals surface area contributed by atoms with Crippen molar-refractivity contribution in [1.82, 2.24) is 24.9 Å². The van der Waals surface area contributed by atoms with Gasteiger partial charge in [0.25, 0.3) is 5.91 Å². The highest BCUT2D eigenvalue weighted by molar-refractivity contribution is 5.94. The van der Waals surface area contributed by atoms with Crippen LogP contribution in [0.2, 0.25) is 0 Å². The van der Waals surface area contributed by atoms with Gasteiger partial charge in [0, 0.05) is 37.4 Å². The number of rotatable bonds is 3. The van der Waals surface area contributed by atoms with Crippen LogP contribution in [0.25, 0.3) is 5.82 Å². The van der Waals surface area contributed by atoms with Crippen molar-refractivity contribution in [2.24, 2.45) is 0 Å². The number of amides is 1. The van der Waals surface area contributed by atoms with Crippen LogP contribution in [0.4, 0.5) is 19.0 Å². The number of piperazine rings is 1. The second-order valence-corrected chi connectivity index (χ2v) is 7.82. The third-order valence-corrected chi connectivity index (χ3v) is 5.83. The van der Waals surface area contributed by atoms with Gasteiger partial charge >= 0.3 is 6.18 Å². The summed E-state index contributed by atoms with van der Waals surface area (Å²) in [6.45, 7) is 7.72. The maximum Gasteiger partial charge on any atom is 0.416 e. The van der Waals surface area contributed by atoms with E-state index in [-0.39, 0.29) is 5.56 Å². The third kappa shape index (κ3) is 4.17. The van der Waals surface area contributed by atoms with Crippen LogP contribution < -0.4 is 4.90 Å². The van der Waals surface area contributed by atoms with Gasteiger partial charge in [-0.15, -0.1) is 10.2 Å². The summed E-state index contributed by atoms with van der Waals surface area (Å²) in [4.78, 5) is 16.2. The number of hydrogen-bond acceptors (Lipinski definition) is 5. The second kappa shape index (κ2) is 8.25. The number of nitrogens with zero attached hydrogens (tertiary/aromatic N) is 6. The first kappa shape index (κ1) is 21.8. The first-order chi connectivity index (χ1) is 15.1. The van der Waals surface area contributed by atoms with Crippen molar-refractivity contribution in [2.45, 2.75) is 26.9 Å². The lowest BCUT2D eigenvalue weighted by atomic mass is 10.1. The third-order valence-electron chi connectivity index (χ3n) is 5.83. The standard InChI is InChI=1S/C22H23F3N6O/c1-14-15(2)28-31(16(14)3)20-8-7-19(26-27-20)29-9-11-30(12-10-29)21(32)17-5-4-6-18(13-17)22(23,24)25/h4-8,13H,9-12H2,1-3H3. The lowest BCUT2D eigenvalue weighted by Gasteiger charge is -2.35. The van der Waals surface area contributed by atoms with Gasteiger partial charge in [0.2, 0.25) is 0 Å². The van der Waals surface area contributed by atoms with Crippen molar-refractivity contribution >= 4 is 11.7 Å². The Morgan fingerprint density at radius 2 is 1.59 bits per heavy atom. The molecule has 0 atom stereocenters. The van der Waals surface area contributed by atoms with Crippen molar-refractivity contribution in [3.05, 3.63) is 64.5 Å². The molecule has 168 valence electrons. The van der Waals surface area contributed by atoms with Gasteiger partial charge < -0.3 is 9.80 Å². The molecule has 1 fully saturated rings. The summed E-state index contributed by atoms with van der Waals surface area (Å²) in [5.41, 5.74) is 2.27. The lowest BCUT2D eigenvalue weighted by Crippen LogP contribution is -2.49. The Morgan fingerprint density at radius 3 is 2.16 bits per heavy atom. The quantitative estimate of drug-likeness (QED) is 0.618. The molecule has 10 heteroatoms. The fourth-order valence-electron chi connectivity index (χ4n) is 3.69. The minimum absolute atomic E-state index is 0.0394. The zero-order valence-electron chi connectivity index (χ0n) is 18.0. The summed E-state index contributed by atoms with van der Waals surface area (Å²) < 4.78 is 40.6. The van der Waals surface area contributed by atoms with Crippen LogP contribution >= 0.6 is 0 Å². The fourth-order valence-corrected chi connectivity index (χ4v) is 3.69. The number of carbonyl (C=O) groups is 1. The Bertz CT molecular complexity index is 1130. The van der Waals surface area contributed by atoms with E-state index in [1.165, 1.54) is 12.1 Å². The molecule has 0 saturated carbocycles. The van der Waals surface area contributed by atoms with Gasteiger partial charge in [-0.1, -0.05) is 6.07 Å². The van der Waals surface area contributed by atoms with E-state index in [9.17, 15) is 18.0 Å². The molecule has 0 aliphatic carbocycles. The van der Waals surface area contributed by atoms with Crippen LogP contribution in [0.3, 0.4) is 0 Å². The zero-order chi connectivity index (χ0) is 23.0. The summed E-state index contributed by atoms with van der Waals surface area (Å²) in [6.07, 6.45) is -4.48. The van der Waals surface area contributed by atoms with E-state index in [1.54, 1.807) is 9.58 Å². The maximum absolute atomic E-state index is 12.9. The summed E-state index contributed by atoms with van der Waals surface area (Å²) in [7, 11) is 0. The number of carbonyl (C=O) groups excluding carboxylic acids is 1. The molecule has 1 aromatic carbocycles. The molecule has 2 aromatic heterocycles. The van der Waals surface area contributed by atoms with Crippen molar-refractivity contribution in [2.75, 3.05) is 31.1 Å². The van der Waals surface area contributed by atoms with Gasteiger partial charge in [-0.05, 0) is 56.7 Å². The average Bonchev–Trinajstić information content (AvgIpc) is 3.05. The molecule has 1 saturated heterocycles. The maximum atomic E-state index is 12.9. The van der Waals surface area contributed by atoms with E-state index >= 15 is 0 Å². The van der Waals surface area contributed by atoms with E-state index in [4.69, 9.17) is 0 Å². The highest BCUT2D eigenvalue weighted by atomic mass is 19.4. The molecule has 1 amide bonds. The van der Waals surface area contributed by atoms with E-state index < -0.39 is 17.6 Å². The predicted molar refractivity (Wildman–Crippen MR) is 113 cm³/mol. The van der Waals surface area contributed by atoms with Crippen LogP contribution in [0.1, 0.15) is 32.9 Å². The number of aryl methyl sites for hydroxylation is 1. The predicted octanol–water partition coefficient (Wildman–Crippen LogP) is 3.57. The fraction of sp³-hybridized carbons (Fsp3) is 0.364. The largest absolute Gasteiger partial charge is 0.416 e. The molecular weight excluding hydrogens is 421 g/mol. The van der Waals surface area contributed by atoms with Gasteiger partial charge in [0.05, 0.1) is 11.3 Å². The number of anilines is 1. The summed E-state index contributed by atoms with van der Waals surface area (Å²) >= 11 is 0. The smallest absolute Gasteiger partial charge is 0.352 e. The zero-order valence-corrected chi connectivity index (χ0v) is 18.0. The van der Waals surface area contributed by atoms with Gasteiger partial charge in [-0.3, -0.25) is 4.79 Å². The normalized spacial score (nSPS) is 14.7. The van der Waals surface area contributed by atoms with Crippen molar-refractivity contribution in [1.29, 1.82) is 0 Å². The van der Waals surface area contributed by atoms with Crippen LogP contribution in [0.5, 0.6) is 0 Å². The van der Waals surface area contributed by atoms with Crippen molar-refractivity contribution < 1.29 is 18.0 Å². The minimum atomic E-state index is -4.48. The van der Waals surface area contributed by atoms with E-state index in [1.807, 2.05) is 37.8 Å². The molecule has 3 heterocycles. The highest BCUT2D eigenvalue weighted by Gasteiger charge is 2.31. The molecule has 0 bridgehead atoms. The minimum Gasteiger partial charge on any atom is -0.352 e.